The van der Waals surface area contributed by atoms with Crippen molar-refractivity contribution in [2.45, 2.75) is 12.2 Å². The number of aromatic hydroxyl groups is 1. The topological polar surface area (TPSA) is 77.8 Å². The van der Waals surface area contributed by atoms with E-state index in [2.05, 4.69) is 0 Å². The predicted octanol–water partition coefficient (Wildman–Crippen LogP) is 2.80. The highest BCUT2D eigenvalue weighted by molar-refractivity contribution is 6.15. The Morgan fingerprint density at radius 1 is 0.783 bits per heavy atom. The largest absolute Gasteiger partial charge is 0.508 e. The Labute approximate surface area is 132 Å². The van der Waals surface area contributed by atoms with Crippen molar-refractivity contribution in [3.8, 4) is 16.9 Å². The summed E-state index contributed by atoms with van der Waals surface area (Å²) in [5.41, 5.74) is 2.52. The minimum Gasteiger partial charge on any atom is -0.508 e. The summed E-state index contributed by atoms with van der Waals surface area (Å²) in [6.07, 6.45) is -2.74. The molecule has 0 aliphatic heterocycles. The van der Waals surface area contributed by atoms with E-state index in [-0.39, 0.29) is 5.75 Å². The van der Waals surface area contributed by atoms with Gasteiger partial charge in [-0.2, -0.15) is 0 Å². The molecule has 4 rings (SSSR count). The molecule has 3 aromatic rings. The zero-order chi connectivity index (χ0) is 16.1. The van der Waals surface area contributed by atoms with E-state index in [4.69, 9.17) is 0 Å². The van der Waals surface area contributed by atoms with Crippen LogP contribution in [0.5, 0.6) is 5.75 Å². The summed E-state index contributed by atoms with van der Waals surface area (Å²) in [6, 6.07) is 15.7. The van der Waals surface area contributed by atoms with Crippen molar-refractivity contribution in [3.05, 3.63) is 65.7 Å². The van der Waals surface area contributed by atoms with Crippen LogP contribution in [0.3, 0.4) is 0 Å². The van der Waals surface area contributed by atoms with Crippen LogP contribution >= 0.6 is 0 Å². The lowest BCUT2D eigenvalue weighted by atomic mass is 9.80. The van der Waals surface area contributed by atoms with E-state index in [1.165, 1.54) is 0 Å². The fourth-order valence-electron chi connectivity index (χ4n) is 3.27. The molecule has 1 aliphatic rings. The molecule has 0 unspecified atom stereocenters. The van der Waals surface area contributed by atoms with Crippen LogP contribution in [0.25, 0.3) is 21.9 Å². The van der Waals surface area contributed by atoms with Crippen LogP contribution in [0.4, 0.5) is 0 Å². The smallest absolute Gasteiger partial charge is 0.194 e. The third-order valence-electron chi connectivity index (χ3n) is 4.39. The lowest BCUT2D eigenvalue weighted by Gasteiger charge is -2.28. The van der Waals surface area contributed by atoms with Gasteiger partial charge in [0.2, 0.25) is 0 Å². The number of carbonyl (C=O) groups is 1. The summed E-state index contributed by atoms with van der Waals surface area (Å²) < 4.78 is 0. The van der Waals surface area contributed by atoms with Crippen LogP contribution in [-0.4, -0.2) is 27.2 Å². The Balaban J connectivity index is 2.09. The van der Waals surface area contributed by atoms with E-state index in [0.717, 1.165) is 16.5 Å². The molecule has 0 amide bonds. The number of aliphatic hydroxyl groups excluding tert-OH is 2. The van der Waals surface area contributed by atoms with Gasteiger partial charge in [0.1, 0.15) is 18.0 Å². The maximum absolute atomic E-state index is 12.3. The molecule has 1 aliphatic carbocycles. The van der Waals surface area contributed by atoms with Gasteiger partial charge in [-0.05, 0) is 39.6 Å². The van der Waals surface area contributed by atoms with Gasteiger partial charge in [0.25, 0.3) is 0 Å². The molecule has 3 aromatic carbocycles. The van der Waals surface area contributed by atoms with Gasteiger partial charge in [-0.3, -0.25) is 4.79 Å². The lowest BCUT2D eigenvalue weighted by Crippen LogP contribution is -2.32. The molecule has 23 heavy (non-hydrogen) atoms. The lowest BCUT2D eigenvalue weighted by molar-refractivity contribution is 0.0195. The first kappa shape index (κ1) is 13.9. The van der Waals surface area contributed by atoms with Gasteiger partial charge in [-0.15, -0.1) is 0 Å². The van der Waals surface area contributed by atoms with Gasteiger partial charge >= 0.3 is 0 Å². The van der Waals surface area contributed by atoms with Crippen molar-refractivity contribution in [2.75, 3.05) is 0 Å². The predicted molar refractivity (Wildman–Crippen MR) is 86.3 cm³/mol. The summed E-state index contributed by atoms with van der Waals surface area (Å²) >= 11 is 0. The molecule has 4 nitrogen and oxygen atoms in total. The quantitative estimate of drug-likeness (QED) is 0.646. The molecule has 3 N–H and O–H groups in total. The Bertz CT molecular complexity index is 928. The summed E-state index contributed by atoms with van der Waals surface area (Å²) in [4.78, 5) is 12.3. The molecule has 0 saturated heterocycles. The van der Waals surface area contributed by atoms with Crippen LogP contribution < -0.4 is 0 Å². The molecule has 4 heteroatoms. The Morgan fingerprint density at radius 2 is 1.52 bits per heavy atom. The highest BCUT2D eigenvalue weighted by atomic mass is 16.3. The zero-order valence-electron chi connectivity index (χ0n) is 12.1. The summed E-state index contributed by atoms with van der Waals surface area (Å²) in [5, 5.41) is 31.6. The monoisotopic (exact) mass is 306 g/mol. The Morgan fingerprint density at radius 3 is 2.26 bits per heavy atom. The van der Waals surface area contributed by atoms with E-state index < -0.39 is 18.0 Å². The molecule has 0 radical (unpaired) electrons. The van der Waals surface area contributed by atoms with Crippen LogP contribution in [0.15, 0.2) is 54.6 Å². The second kappa shape index (κ2) is 4.91. The molecule has 2 atom stereocenters. The van der Waals surface area contributed by atoms with E-state index in [1.807, 2.05) is 18.2 Å². The Hall–Kier alpha value is -2.69. The van der Waals surface area contributed by atoms with Crippen LogP contribution in [0.1, 0.15) is 22.0 Å². The minimum absolute atomic E-state index is 0.152. The van der Waals surface area contributed by atoms with Crippen molar-refractivity contribution in [1.29, 1.82) is 0 Å². The van der Waals surface area contributed by atoms with Crippen molar-refractivity contribution in [2.24, 2.45) is 0 Å². The van der Waals surface area contributed by atoms with Crippen molar-refractivity contribution < 1.29 is 20.1 Å². The molecular formula is C19H14O4. The van der Waals surface area contributed by atoms with Gasteiger partial charge < -0.3 is 15.3 Å². The van der Waals surface area contributed by atoms with E-state index in [0.29, 0.717) is 16.5 Å². The molecule has 0 aromatic heterocycles. The Kier molecular flexibility index (Phi) is 2.98. The summed E-state index contributed by atoms with van der Waals surface area (Å²) in [7, 11) is 0. The number of phenols is 1. The number of hydrogen-bond donors (Lipinski definition) is 3. The van der Waals surface area contributed by atoms with Gasteiger partial charge in [-0.25, -0.2) is 0 Å². The minimum atomic E-state index is -1.47. The molecule has 114 valence electrons. The van der Waals surface area contributed by atoms with Crippen molar-refractivity contribution in [1.82, 2.24) is 0 Å². The van der Waals surface area contributed by atoms with E-state index >= 15 is 0 Å². The summed E-state index contributed by atoms with van der Waals surface area (Å²) in [6.45, 7) is 0. The summed E-state index contributed by atoms with van der Waals surface area (Å²) in [5.74, 6) is -0.307. The number of Topliss-reactive ketones (excluding diaryl/α,β-unsaturated/α-hetero) is 1. The van der Waals surface area contributed by atoms with E-state index in [1.54, 1.807) is 36.4 Å². The van der Waals surface area contributed by atoms with Crippen LogP contribution in [-0.2, 0) is 0 Å². The second-order valence-corrected chi connectivity index (χ2v) is 5.73. The van der Waals surface area contributed by atoms with Gasteiger partial charge in [0.05, 0.1) is 0 Å². The number of benzene rings is 3. The molecule has 0 saturated carbocycles. The zero-order valence-corrected chi connectivity index (χ0v) is 12.1. The van der Waals surface area contributed by atoms with E-state index in [9.17, 15) is 20.1 Å². The van der Waals surface area contributed by atoms with Gasteiger partial charge in [0.15, 0.2) is 5.78 Å². The SMILES string of the molecule is O=C1c2cccc3ccc(-c4ccc(O)cc4)c(c23)[C@@H](O)[C@H]1O. The molecule has 0 heterocycles. The maximum atomic E-state index is 12.3. The number of hydrogen-bond acceptors (Lipinski definition) is 4. The first-order valence-corrected chi connectivity index (χ1v) is 7.33. The average Bonchev–Trinajstić information content (AvgIpc) is 2.58. The van der Waals surface area contributed by atoms with Crippen molar-refractivity contribution in [3.63, 3.8) is 0 Å². The molecule has 0 bridgehead atoms. The maximum Gasteiger partial charge on any atom is 0.194 e. The first-order valence-electron chi connectivity index (χ1n) is 7.33. The fraction of sp³-hybridized carbons (Fsp3) is 0.105. The fourth-order valence-corrected chi connectivity index (χ4v) is 3.27. The normalized spacial score (nSPS) is 20.0. The number of carbonyl (C=O) groups excluding carboxylic acids is 1. The number of ketones is 1. The number of aliphatic hydroxyl groups is 2. The number of phenolic OH excluding ortho intramolecular Hbond substituents is 1. The van der Waals surface area contributed by atoms with Gasteiger partial charge in [0, 0.05) is 5.56 Å². The highest BCUT2D eigenvalue weighted by Crippen LogP contribution is 2.41. The van der Waals surface area contributed by atoms with Crippen LogP contribution in [0, 0.1) is 0 Å². The second-order valence-electron chi connectivity index (χ2n) is 5.73. The molecule has 0 fully saturated rings. The van der Waals surface area contributed by atoms with Gasteiger partial charge in [-0.1, -0.05) is 42.5 Å². The highest BCUT2D eigenvalue weighted by Gasteiger charge is 2.36. The average molecular weight is 306 g/mol. The third kappa shape index (κ3) is 1.96. The molecular weight excluding hydrogens is 292 g/mol. The van der Waals surface area contributed by atoms with Crippen molar-refractivity contribution >= 4 is 16.6 Å². The molecule has 0 spiro atoms. The first-order chi connectivity index (χ1) is 11.1. The third-order valence-corrected chi connectivity index (χ3v) is 4.39. The number of rotatable bonds is 1. The standard InChI is InChI=1S/C19H14O4/c20-12-7-4-10(5-8-12)13-9-6-11-2-1-3-14-15(11)16(13)18(22)19(23)17(14)21/h1-9,18-20,22-23H/t18-,19+/m1/s1. The van der Waals surface area contributed by atoms with Crippen LogP contribution in [0.2, 0.25) is 0 Å².